The van der Waals surface area contributed by atoms with Gasteiger partial charge in [-0.25, -0.2) is 18.6 Å². The Morgan fingerprint density at radius 1 is 1.19 bits per heavy atom. The molecule has 0 radical (unpaired) electrons. The number of aromatic carboxylic acids is 1. The van der Waals surface area contributed by atoms with Crippen molar-refractivity contribution in [2.24, 2.45) is 0 Å². The molecule has 1 heterocycles. The van der Waals surface area contributed by atoms with Crippen LogP contribution in [0.25, 0.3) is 0 Å². The number of carboxylic acid groups (broad SMARTS) is 1. The largest absolute Gasteiger partial charge is 0.478 e. The second-order valence-electron chi connectivity index (χ2n) is 3.94. The number of nitrogens with one attached hydrogen (secondary N) is 1. The lowest BCUT2D eigenvalue weighted by atomic mass is 10.1. The maximum atomic E-state index is 13.2. The summed E-state index contributed by atoms with van der Waals surface area (Å²) in [5, 5.41) is 11.2. The van der Waals surface area contributed by atoms with Gasteiger partial charge in [-0.1, -0.05) is 0 Å². The molecular formula is C13H7BrF2N2O3. The molecule has 1 aromatic heterocycles. The van der Waals surface area contributed by atoms with Gasteiger partial charge in [-0.2, -0.15) is 0 Å². The van der Waals surface area contributed by atoms with Crippen LogP contribution in [0.1, 0.15) is 20.7 Å². The van der Waals surface area contributed by atoms with Gasteiger partial charge in [0.15, 0.2) is 11.6 Å². The SMILES string of the molecule is O=C(Nc1cc(F)c(F)cc1C(=O)O)c1ccc(Br)nc1. The second-order valence-corrected chi connectivity index (χ2v) is 4.75. The van der Waals surface area contributed by atoms with E-state index in [0.29, 0.717) is 16.7 Å². The number of amides is 1. The van der Waals surface area contributed by atoms with Gasteiger partial charge in [0.05, 0.1) is 16.8 Å². The van der Waals surface area contributed by atoms with E-state index >= 15 is 0 Å². The molecule has 0 aliphatic carbocycles. The van der Waals surface area contributed by atoms with Crippen molar-refractivity contribution in [1.29, 1.82) is 0 Å². The highest BCUT2D eigenvalue weighted by Gasteiger charge is 2.17. The highest BCUT2D eigenvalue weighted by molar-refractivity contribution is 9.10. The number of carbonyl (C=O) groups excluding carboxylic acids is 1. The van der Waals surface area contributed by atoms with E-state index in [-0.39, 0.29) is 11.3 Å². The normalized spacial score (nSPS) is 10.2. The first-order valence-electron chi connectivity index (χ1n) is 5.53. The molecule has 2 N–H and O–H groups in total. The van der Waals surface area contributed by atoms with Crippen LogP contribution in [0.3, 0.4) is 0 Å². The molecule has 1 amide bonds. The van der Waals surface area contributed by atoms with Crippen LogP contribution in [-0.4, -0.2) is 22.0 Å². The standard InChI is InChI=1S/C13H7BrF2N2O3/c14-11-2-1-6(5-17-11)12(19)18-10-4-9(16)8(15)3-7(10)13(20)21/h1-5H,(H,18,19)(H,20,21). The molecule has 2 aromatic rings. The van der Waals surface area contributed by atoms with Gasteiger partial charge in [0.25, 0.3) is 5.91 Å². The summed E-state index contributed by atoms with van der Waals surface area (Å²) in [6.45, 7) is 0. The quantitative estimate of drug-likeness (QED) is 0.828. The lowest BCUT2D eigenvalue weighted by Gasteiger charge is -2.09. The van der Waals surface area contributed by atoms with Crippen LogP contribution in [0.15, 0.2) is 35.1 Å². The van der Waals surface area contributed by atoms with Gasteiger partial charge in [0.2, 0.25) is 0 Å². The molecule has 8 heteroatoms. The molecule has 1 aromatic carbocycles. The number of carboxylic acids is 1. The summed E-state index contributed by atoms with van der Waals surface area (Å²) >= 11 is 3.10. The summed E-state index contributed by atoms with van der Waals surface area (Å²) in [7, 11) is 0. The number of carbonyl (C=O) groups is 2. The average Bonchev–Trinajstić information content (AvgIpc) is 2.43. The first-order valence-corrected chi connectivity index (χ1v) is 6.33. The van der Waals surface area contributed by atoms with E-state index in [1.54, 1.807) is 0 Å². The summed E-state index contributed by atoms with van der Waals surface area (Å²) in [4.78, 5) is 26.7. The van der Waals surface area contributed by atoms with Gasteiger partial charge in [0, 0.05) is 12.3 Å². The van der Waals surface area contributed by atoms with Crippen LogP contribution >= 0.6 is 15.9 Å². The molecule has 0 saturated carbocycles. The van der Waals surface area contributed by atoms with E-state index in [2.05, 4.69) is 26.2 Å². The zero-order valence-corrected chi connectivity index (χ0v) is 11.8. The van der Waals surface area contributed by atoms with E-state index in [1.807, 2.05) is 0 Å². The van der Waals surface area contributed by atoms with Crippen LogP contribution in [-0.2, 0) is 0 Å². The summed E-state index contributed by atoms with van der Waals surface area (Å²) in [6, 6.07) is 4.07. The topological polar surface area (TPSA) is 79.3 Å². The molecular weight excluding hydrogens is 350 g/mol. The molecule has 0 atom stereocenters. The first-order chi connectivity index (χ1) is 9.88. The van der Waals surface area contributed by atoms with Crippen molar-refractivity contribution in [3.05, 3.63) is 57.8 Å². The lowest BCUT2D eigenvalue weighted by Crippen LogP contribution is -2.15. The highest BCUT2D eigenvalue weighted by Crippen LogP contribution is 2.21. The van der Waals surface area contributed by atoms with Gasteiger partial charge in [-0.3, -0.25) is 4.79 Å². The zero-order chi connectivity index (χ0) is 15.6. The van der Waals surface area contributed by atoms with Crippen molar-refractivity contribution in [3.63, 3.8) is 0 Å². The molecule has 108 valence electrons. The van der Waals surface area contributed by atoms with Crippen LogP contribution in [0.2, 0.25) is 0 Å². The summed E-state index contributed by atoms with van der Waals surface area (Å²) in [6.07, 6.45) is 1.25. The van der Waals surface area contributed by atoms with E-state index in [1.165, 1.54) is 18.3 Å². The van der Waals surface area contributed by atoms with E-state index in [4.69, 9.17) is 5.11 Å². The predicted molar refractivity (Wildman–Crippen MR) is 73.2 cm³/mol. The molecule has 0 aliphatic rings. The lowest BCUT2D eigenvalue weighted by molar-refractivity contribution is 0.0697. The minimum atomic E-state index is -1.49. The average molecular weight is 357 g/mol. The number of halogens is 3. The third-order valence-corrected chi connectivity index (χ3v) is 3.00. The maximum Gasteiger partial charge on any atom is 0.337 e. The Hall–Kier alpha value is -2.35. The van der Waals surface area contributed by atoms with Gasteiger partial charge < -0.3 is 10.4 Å². The Balaban J connectivity index is 2.34. The fourth-order valence-corrected chi connectivity index (χ4v) is 1.77. The number of benzene rings is 1. The van der Waals surface area contributed by atoms with Crippen molar-refractivity contribution in [2.75, 3.05) is 5.32 Å². The summed E-state index contributed by atoms with van der Waals surface area (Å²) in [5.41, 5.74) is -0.749. The Kier molecular flexibility index (Phi) is 4.27. The maximum absolute atomic E-state index is 13.2. The number of anilines is 1. The van der Waals surface area contributed by atoms with Gasteiger partial charge >= 0.3 is 5.97 Å². The number of pyridine rings is 1. The van der Waals surface area contributed by atoms with E-state index in [9.17, 15) is 18.4 Å². The molecule has 21 heavy (non-hydrogen) atoms. The number of hydrogen-bond acceptors (Lipinski definition) is 3. The molecule has 0 bridgehead atoms. The van der Waals surface area contributed by atoms with Crippen LogP contribution in [0.4, 0.5) is 14.5 Å². The third kappa shape index (κ3) is 3.40. The fraction of sp³-hybridized carbons (Fsp3) is 0. The molecule has 5 nitrogen and oxygen atoms in total. The minimum absolute atomic E-state index is 0.138. The summed E-state index contributed by atoms with van der Waals surface area (Å²) < 4.78 is 26.8. The third-order valence-electron chi connectivity index (χ3n) is 2.53. The Morgan fingerprint density at radius 2 is 1.86 bits per heavy atom. The predicted octanol–water partition coefficient (Wildman–Crippen LogP) is 3.07. The molecule has 0 saturated heterocycles. The Labute approximate surface area is 125 Å². The smallest absolute Gasteiger partial charge is 0.337 e. The molecule has 0 fully saturated rings. The van der Waals surface area contributed by atoms with Crippen molar-refractivity contribution in [2.45, 2.75) is 0 Å². The van der Waals surface area contributed by atoms with Gasteiger partial charge in [-0.15, -0.1) is 0 Å². The highest BCUT2D eigenvalue weighted by atomic mass is 79.9. The van der Waals surface area contributed by atoms with Crippen molar-refractivity contribution < 1.29 is 23.5 Å². The molecule has 0 spiro atoms. The van der Waals surface area contributed by atoms with Crippen molar-refractivity contribution in [3.8, 4) is 0 Å². The number of rotatable bonds is 3. The van der Waals surface area contributed by atoms with E-state index in [0.717, 1.165) is 0 Å². The van der Waals surface area contributed by atoms with Crippen LogP contribution < -0.4 is 5.32 Å². The molecule has 2 rings (SSSR count). The van der Waals surface area contributed by atoms with Gasteiger partial charge in [0.1, 0.15) is 4.60 Å². The van der Waals surface area contributed by atoms with E-state index < -0.39 is 29.1 Å². The monoisotopic (exact) mass is 356 g/mol. The summed E-state index contributed by atoms with van der Waals surface area (Å²) in [5.74, 6) is -4.75. The fourth-order valence-electron chi connectivity index (χ4n) is 1.53. The van der Waals surface area contributed by atoms with Gasteiger partial charge in [-0.05, 0) is 34.1 Å². The molecule has 0 aliphatic heterocycles. The minimum Gasteiger partial charge on any atom is -0.478 e. The van der Waals surface area contributed by atoms with Crippen LogP contribution in [0.5, 0.6) is 0 Å². The molecule has 0 unspecified atom stereocenters. The van der Waals surface area contributed by atoms with Crippen LogP contribution in [0, 0.1) is 11.6 Å². The Morgan fingerprint density at radius 3 is 2.43 bits per heavy atom. The number of hydrogen-bond donors (Lipinski definition) is 2. The first kappa shape index (κ1) is 15.0. The zero-order valence-electron chi connectivity index (χ0n) is 10.2. The number of aromatic nitrogens is 1. The second kappa shape index (κ2) is 5.96. The Bertz CT molecular complexity index is 720. The number of nitrogens with zero attached hydrogens (tertiary/aromatic N) is 1. The van der Waals surface area contributed by atoms with Crippen molar-refractivity contribution >= 4 is 33.5 Å². The van der Waals surface area contributed by atoms with Crippen molar-refractivity contribution in [1.82, 2.24) is 4.98 Å².